The molecule has 0 amide bonds. The fraction of sp³-hybridized carbons (Fsp3) is 0.800. The van der Waals surface area contributed by atoms with Gasteiger partial charge in [0.2, 0.25) is 0 Å². The summed E-state index contributed by atoms with van der Waals surface area (Å²) in [4.78, 5) is 23.2. The molecule has 1 saturated carbocycles. The highest BCUT2D eigenvalue weighted by atomic mass is 79.9. The molecule has 0 spiro atoms. The number of ether oxygens (including phenoxy) is 1. The third kappa shape index (κ3) is 0.926. The van der Waals surface area contributed by atoms with Crippen LogP contribution in [0, 0.1) is 16.7 Å². The summed E-state index contributed by atoms with van der Waals surface area (Å²) < 4.78 is 4.77. The average Bonchev–Trinajstić information content (AvgIpc) is 2.34. The normalized spacial score (nSPS) is 46.6. The molecule has 2 fully saturated rings. The molecule has 2 aliphatic rings. The van der Waals surface area contributed by atoms with E-state index in [4.69, 9.17) is 4.74 Å². The Hall–Kier alpha value is -0.380. The predicted molar refractivity (Wildman–Crippen MR) is 53.8 cm³/mol. The molecular formula is C10H13BrO3. The number of esters is 2. The molecule has 14 heavy (non-hydrogen) atoms. The Bertz CT molecular complexity index is 314. The first kappa shape index (κ1) is 10.1. The summed E-state index contributed by atoms with van der Waals surface area (Å²) in [6, 6.07) is 0. The number of fused-ring (bicyclic) bond motifs is 2. The van der Waals surface area contributed by atoms with E-state index in [-0.39, 0.29) is 23.3 Å². The standard InChI is InChI=1S/C10H13BrO3/c1-9-4-3-6(10(9,2)5-11)7(12)14-8(9)13/h6H,3-5H2,1-2H3. The summed E-state index contributed by atoms with van der Waals surface area (Å²) in [6.45, 7) is 3.90. The van der Waals surface area contributed by atoms with Crippen molar-refractivity contribution in [3.63, 3.8) is 0 Å². The van der Waals surface area contributed by atoms with E-state index in [9.17, 15) is 9.59 Å². The quantitative estimate of drug-likeness (QED) is 0.411. The van der Waals surface area contributed by atoms with Crippen LogP contribution in [0.2, 0.25) is 0 Å². The van der Waals surface area contributed by atoms with Gasteiger partial charge in [-0.15, -0.1) is 0 Å². The molecule has 2 bridgehead atoms. The molecule has 1 saturated heterocycles. The van der Waals surface area contributed by atoms with Crippen molar-refractivity contribution in [2.45, 2.75) is 26.7 Å². The second kappa shape index (κ2) is 2.81. The number of cyclic esters (lactones) is 2. The minimum Gasteiger partial charge on any atom is -0.392 e. The van der Waals surface area contributed by atoms with Crippen molar-refractivity contribution in [1.29, 1.82) is 0 Å². The van der Waals surface area contributed by atoms with Gasteiger partial charge in [0.1, 0.15) is 0 Å². The van der Waals surface area contributed by atoms with Gasteiger partial charge in [-0.3, -0.25) is 9.59 Å². The van der Waals surface area contributed by atoms with Crippen LogP contribution in [-0.2, 0) is 14.3 Å². The van der Waals surface area contributed by atoms with Crippen LogP contribution in [0.3, 0.4) is 0 Å². The molecule has 3 atom stereocenters. The number of rotatable bonds is 1. The maximum absolute atomic E-state index is 11.7. The van der Waals surface area contributed by atoms with Gasteiger partial charge >= 0.3 is 11.9 Å². The monoisotopic (exact) mass is 260 g/mol. The summed E-state index contributed by atoms with van der Waals surface area (Å²) in [5, 5.41) is 0.669. The van der Waals surface area contributed by atoms with Gasteiger partial charge in [-0.1, -0.05) is 22.9 Å². The van der Waals surface area contributed by atoms with Crippen LogP contribution in [0.4, 0.5) is 0 Å². The molecule has 1 aliphatic carbocycles. The Morgan fingerprint density at radius 2 is 2.14 bits per heavy atom. The molecule has 0 N–H and O–H groups in total. The van der Waals surface area contributed by atoms with Gasteiger partial charge in [0.15, 0.2) is 0 Å². The van der Waals surface area contributed by atoms with Crippen molar-refractivity contribution in [1.82, 2.24) is 0 Å². The SMILES string of the molecule is CC12CCC(C(=O)OC1=O)C2(C)CBr. The molecular weight excluding hydrogens is 248 g/mol. The second-order valence-electron chi connectivity index (χ2n) is 4.68. The van der Waals surface area contributed by atoms with Crippen molar-refractivity contribution >= 4 is 27.9 Å². The Balaban J connectivity index is 2.51. The number of carbonyl (C=O) groups excluding carboxylic acids is 2. The van der Waals surface area contributed by atoms with Gasteiger partial charge < -0.3 is 4.74 Å². The van der Waals surface area contributed by atoms with E-state index in [1.54, 1.807) is 0 Å². The van der Waals surface area contributed by atoms with Crippen LogP contribution in [0.25, 0.3) is 0 Å². The zero-order valence-electron chi connectivity index (χ0n) is 8.30. The molecule has 1 heterocycles. The van der Waals surface area contributed by atoms with Gasteiger partial charge in [-0.25, -0.2) is 0 Å². The zero-order valence-corrected chi connectivity index (χ0v) is 9.89. The first-order chi connectivity index (χ1) is 6.45. The van der Waals surface area contributed by atoms with E-state index in [0.29, 0.717) is 5.33 Å². The molecule has 0 aromatic carbocycles. The number of hydrogen-bond donors (Lipinski definition) is 0. The highest BCUT2D eigenvalue weighted by Crippen LogP contribution is 2.60. The molecule has 4 heteroatoms. The molecule has 0 aromatic rings. The number of carbonyl (C=O) groups is 2. The second-order valence-corrected chi connectivity index (χ2v) is 5.24. The van der Waals surface area contributed by atoms with Crippen LogP contribution < -0.4 is 0 Å². The van der Waals surface area contributed by atoms with Crippen LogP contribution >= 0.6 is 15.9 Å². The summed E-state index contributed by atoms with van der Waals surface area (Å²) >= 11 is 3.42. The van der Waals surface area contributed by atoms with Crippen molar-refractivity contribution in [3.05, 3.63) is 0 Å². The molecule has 0 aromatic heterocycles. The van der Waals surface area contributed by atoms with E-state index in [0.717, 1.165) is 12.8 Å². The van der Waals surface area contributed by atoms with Crippen molar-refractivity contribution in [3.8, 4) is 0 Å². The molecule has 3 unspecified atom stereocenters. The van der Waals surface area contributed by atoms with E-state index in [1.807, 2.05) is 13.8 Å². The lowest BCUT2D eigenvalue weighted by Crippen LogP contribution is -2.52. The Morgan fingerprint density at radius 3 is 2.71 bits per heavy atom. The maximum Gasteiger partial charge on any atom is 0.320 e. The molecule has 3 nitrogen and oxygen atoms in total. The van der Waals surface area contributed by atoms with Gasteiger partial charge in [0.05, 0.1) is 11.3 Å². The Kier molecular flexibility index (Phi) is 2.04. The number of alkyl halides is 1. The molecule has 2 rings (SSSR count). The Labute approximate surface area is 91.3 Å². The third-order valence-corrected chi connectivity index (χ3v) is 5.33. The van der Waals surface area contributed by atoms with Crippen LogP contribution in [-0.4, -0.2) is 17.3 Å². The summed E-state index contributed by atoms with van der Waals surface area (Å²) in [6.07, 6.45) is 1.52. The zero-order chi connectivity index (χ0) is 10.6. The maximum atomic E-state index is 11.7. The molecule has 78 valence electrons. The smallest absolute Gasteiger partial charge is 0.320 e. The Morgan fingerprint density at radius 1 is 1.50 bits per heavy atom. The van der Waals surface area contributed by atoms with E-state index >= 15 is 0 Å². The van der Waals surface area contributed by atoms with E-state index < -0.39 is 5.41 Å². The van der Waals surface area contributed by atoms with Crippen LogP contribution in [0.5, 0.6) is 0 Å². The highest BCUT2D eigenvalue weighted by Gasteiger charge is 2.65. The minimum atomic E-state index is -0.491. The fourth-order valence-corrected chi connectivity index (χ4v) is 3.66. The lowest BCUT2D eigenvalue weighted by atomic mass is 9.64. The topological polar surface area (TPSA) is 43.4 Å². The molecule has 0 radical (unpaired) electrons. The first-order valence-electron chi connectivity index (χ1n) is 4.78. The molecule has 1 aliphatic heterocycles. The minimum absolute atomic E-state index is 0.121. The van der Waals surface area contributed by atoms with Crippen molar-refractivity contribution in [2.75, 3.05) is 5.33 Å². The van der Waals surface area contributed by atoms with E-state index in [2.05, 4.69) is 15.9 Å². The van der Waals surface area contributed by atoms with Crippen molar-refractivity contribution < 1.29 is 14.3 Å². The first-order valence-corrected chi connectivity index (χ1v) is 5.90. The predicted octanol–water partition coefficient (Wildman–Crippen LogP) is 1.89. The highest BCUT2D eigenvalue weighted by molar-refractivity contribution is 9.09. The van der Waals surface area contributed by atoms with Crippen LogP contribution in [0.15, 0.2) is 0 Å². The average molecular weight is 261 g/mol. The van der Waals surface area contributed by atoms with Gasteiger partial charge in [-0.05, 0) is 19.8 Å². The largest absolute Gasteiger partial charge is 0.392 e. The lowest BCUT2D eigenvalue weighted by molar-refractivity contribution is -0.184. The third-order valence-electron chi connectivity index (χ3n) is 4.17. The number of halogens is 1. The number of hydrogen-bond acceptors (Lipinski definition) is 3. The fourth-order valence-electron chi connectivity index (χ4n) is 2.65. The lowest BCUT2D eigenvalue weighted by Gasteiger charge is -2.43. The van der Waals surface area contributed by atoms with Crippen LogP contribution in [0.1, 0.15) is 26.7 Å². The van der Waals surface area contributed by atoms with Crippen molar-refractivity contribution in [2.24, 2.45) is 16.7 Å². The van der Waals surface area contributed by atoms with Gasteiger partial charge in [0, 0.05) is 10.7 Å². The van der Waals surface area contributed by atoms with Gasteiger partial charge in [0.25, 0.3) is 0 Å². The summed E-state index contributed by atoms with van der Waals surface area (Å²) in [5.74, 6) is -0.810. The summed E-state index contributed by atoms with van der Waals surface area (Å²) in [5.41, 5.74) is -0.769. The summed E-state index contributed by atoms with van der Waals surface area (Å²) in [7, 11) is 0. The van der Waals surface area contributed by atoms with E-state index in [1.165, 1.54) is 0 Å². The van der Waals surface area contributed by atoms with Gasteiger partial charge in [-0.2, -0.15) is 0 Å².